The number of aryl methyl sites for hydroxylation is 1. The maximum atomic E-state index is 12.5. The van der Waals surface area contributed by atoms with Crippen molar-refractivity contribution in [3.05, 3.63) is 66.0 Å². The average molecular weight is 436 g/mol. The Hall–Kier alpha value is -3.26. The molecule has 160 valence electrons. The van der Waals surface area contributed by atoms with E-state index in [0.717, 1.165) is 44.5 Å². The van der Waals surface area contributed by atoms with Crippen molar-refractivity contribution in [1.82, 2.24) is 14.5 Å². The second-order valence-electron chi connectivity index (χ2n) is 7.53. The van der Waals surface area contributed by atoms with E-state index in [1.165, 1.54) is 11.8 Å². The molecule has 0 aliphatic rings. The quantitative estimate of drug-likeness (QED) is 0.341. The summed E-state index contributed by atoms with van der Waals surface area (Å²) in [5, 5.41) is 4.74. The number of furan rings is 1. The Morgan fingerprint density at radius 2 is 1.94 bits per heavy atom. The summed E-state index contributed by atoms with van der Waals surface area (Å²) in [5.74, 6) is 1.06. The average Bonchev–Trinajstić information content (AvgIpc) is 3.36. The molecule has 1 aromatic carbocycles. The summed E-state index contributed by atoms with van der Waals surface area (Å²) in [6.45, 7) is 4.74. The summed E-state index contributed by atoms with van der Waals surface area (Å²) < 4.78 is 7.64. The number of amides is 1. The van der Waals surface area contributed by atoms with Gasteiger partial charge >= 0.3 is 0 Å². The number of anilines is 2. The first-order valence-corrected chi connectivity index (χ1v) is 11.0. The van der Waals surface area contributed by atoms with Crippen molar-refractivity contribution in [2.75, 3.05) is 30.1 Å². The van der Waals surface area contributed by atoms with Crippen LogP contribution in [0.15, 0.2) is 58.4 Å². The molecule has 31 heavy (non-hydrogen) atoms. The largest absolute Gasteiger partial charge is 0.467 e. The standard InChI is InChI=1S/C23H25N5O2S/c1-15-16(2)28(12-19-6-5-11-30-19)22-21(15)23(25-14-24-22)31-13-20(29)26-17-7-9-18(10-8-17)27(3)4/h5-11,14H,12-13H2,1-4H3,(H,26,29). The third-order valence-corrected chi connectivity index (χ3v) is 6.26. The van der Waals surface area contributed by atoms with Gasteiger partial charge in [-0.1, -0.05) is 11.8 Å². The summed E-state index contributed by atoms with van der Waals surface area (Å²) in [6.07, 6.45) is 3.23. The number of carbonyl (C=O) groups excluding carboxylic acids is 1. The minimum Gasteiger partial charge on any atom is -0.467 e. The summed E-state index contributed by atoms with van der Waals surface area (Å²) in [5.41, 5.74) is 4.94. The molecular formula is C23H25N5O2S. The van der Waals surface area contributed by atoms with E-state index < -0.39 is 0 Å². The van der Waals surface area contributed by atoms with Crippen LogP contribution in [-0.4, -0.2) is 40.3 Å². The van der Waals surface area contributed by atoms with Crippen molar-refractivity contribution < 1.29 is 9.21 Å². The predicted octanol–water partition coefficient (Wildman–Crippen LogP) is 4.49. The van der Waals surface area contributed by atoms with E-state index in [1.807, 2.05) is 55.4 Å². The SMILES string of the molecule is Cc1c(C)n(Cc2ccco2)c2ncnc(SCC(=O)Nc3ccc(N(C)C)cc3)c12. The lowest BCUT2D eigenvalue weighted by atomic mass is 10.2. The van der Waals surface area contributed by atoms with Gasteiger partial charge in [-0.2, -0.15) is 0 Å². The zero-order valence-electron chi connectivity index (χ0n) is 18.0. The monoisotopic (exact) mass is 435 g/mol. The molecule has 1 amide bonds. The number of aromatic nitrogens is 3. The van der Waals surface area contributed by atoms with E-state index >= 15 is 0 Å². The molecule has 0 unspecified atom stereocenters. The van der Waals surface area contributed by atoms with Crippen LogP contribution in [0.3, 0.4) is 0 Å². The van der Waals surface area contributed by atoms with Gasteiger partial charge in [0.05, 0.1) is 23.9 Å². The van der Waals surface area contributed by atoms with Crippen LogP contribution in [0.2, 0.25) is 0 Å². The first-order valence-electron chi connectivity index (χ1n) is 9.97. The molecule has 0 spiro atoms. The van der Waals surface area contributed by atoms with E-state index in [-0.39, 0.29) is 11.7 Å². The smallest absolute Gasteiger partial charge is 0.234 e. The Bertz CT molecular complexity index is 1200. The lowest BCUT2D eigenvalue weighted by Crippen LogP contribution is -2.14. The Morgan fingerprint density at radius 3 is 2.61 bits per heavy atom. The number of nitrogens with one attached hydrogen (secondary N) is 1. The van der Waals surface area contributed by atoms with Gasteiger partial charge in [0.1, 0.15) is 22.8 Å². The second kappa shape index (κ2) is 8.85. The zero-order valence-corrected chi connectivity index (χ0v) is 18.9. The van der Waals surface area contributed by atoms with Crippen LogP contribution in [-0.2, 0) is 11.3 Å². The van der Waals surface area contributed by atoms with E-state index in [4.69, 9.17) is 4.42 Å². The van der Waals surface area contributed by atoms with Gasteiger partial charge in [0.2, 0.25) is 5.91 Å². The lowest BCUT2D eigenvalue weighted by Gasteiger charge is -2.13. The van der Waals surface area contributed by atoms with Crippen LogP contribution in [0.4, 0.5) is 11.4 Å². The molecule has 4 rings (SSSR count). The van der Waals surface area contributed by atoms with Crippen molar-refractivity contribution in [2.45, 2.75) is 25.4 Å². The fourth-order valence-corrected chi connectivity index (χ4v) is 4.32. The molecule has 0 saturated heterocycles. The molecule has 3 heterocycles. The molecule has 0 fully saturated rings. The van der Waals surface area contributed by atoms with E-state index in [2.05, 4.69) is 33.7 Å². The van der Waals surface area contributed by atoms with Crippen molar-refractivity contribution in [3.8, 4) is 0 Å². The minimum absolute atomic E-state index is 0.0706. The van der Waals surface area contributed by atoms with Crippen LogP contribution in [0.1, 0.15) is 17.0 Å². The number of carbonyl (C=O) groups is 1. The van der Waals surface area contributed by atoms with Gasteiger partial charge in [-0.3, -0.25) is 4.79 Å². The number of nitrogens with zero attached hydrogens (tertiary/aromatic N) is 4. The number of thioether (sulfide) groups is 1. The molecule has 0 aliphatic carbocycles. The number of hydrogen-bond donors (Lipinski definition) is 1. The molecule has 0 atom stereocenters. The van der Waals surface area contributed by atoms with Crippen molar-refractivity contribution in [3.63, 3.8) is 0 Å². The van der Waals surface area contributed by atoms with Gasteiger partial charge in [-0.15, -0.1) is 0 Å². The zero-order chi connectivity index (χ0) is 22.0. The van der Waals surface area contributed by atoms with Crippen LogP contribution in [0, 0.1) is 13.8 Å². The molecule has 8 heteroatoms. The number of hydrogen-bond acceptors (Lipinski definition) is 6. The highest BCUT2D eigenvalue weighted by atomic mass is 32.2. The Kier molecular flexibility index (Phi) is 5.99. The highest BCUT2D eigenvalue weighted by Crippen LogP contribution is 2.32. The fourth-order valence-electron chi connectivity index (χ4n) is 3.47. The van der Waals surface area contributed by atoms with Crippen LogP contribution < -0.4 is 10.2 Å². The molecule has 0 saturated carbocycles. The Labute approximate surface area is 185 Å². The number of rotatable bonds is 7. The predicted molar refractivity (Wildman–Crippen MR) is 125 cm³/mol. The van der Waals surface area contributed by atoms with Crippen molar-refractivity contribution in [2.24, 2.45) is 0 Å². The molecule has 0 radical (unpaired) electrons. The molecule has 1 N–H and O–H groups in total. The fraction of sp³-hybridized carbons (Fsp3) is 0.261. The van der Waals surface area contributed by atoms with E-state index in [1.54, 1.807) is 12.6 Å². The maximum Gasteiger partial charge on any atom is 0.234 e. The number of fused-ring (bicyclic) bond motifs is 1. The molecule has 0 bridgehead atoms. The molecule has 0 aliphatic heterocycles. The highest BCUT2D eigenvalue weighted by molar-refractivity contribution is 8.00. The third-order valence-electron chi connectivity index (χ3n) is 5.27. The van der Waals surface area contributed by atoms with Gasteiger partial charge in [-0.25, -0.2) is 9.97 Å². The normalized spacial score (nSPS) is 11.1. The van der Waals surface area contributed by atoms with Gasteiger partial charge in [0, 0.05) is 31.2 Å². The van der Waals surface area contributed by atoms with Gasteiger partial charge in [0.15, 0.2) is 0 Å². The first-order chi connectivity index (χ1) is 14.9. The van der Waals surface area contributed by atoms with Crippen LogP contribution in [0.25, 0.3) is 11.0 Å². The summed E-state index contributed by atoms with van der Waals surface area (Å²) in [6, 6.07) is 11.6. The maximum absolute atomic E-state index is 12.5. The molecule has 4 aromatic rings. The van der Waals surface area contributed by atoms with Crippen LogP contribution in [0.5, 0.6) is 0 Å². The first kappa shape index (κ1) is 21.0. The molecule has 7 nitrogen and oxygen atoms in total. The van der Waals surface area contributed by atoms with Gasteiger partial charge in [-0.05, 0) is 55.8 Å². The van der Waals surface area contributed by atoms with Gasteiger partial charge in [0.25, 0.3) is 0 Å². The third kappa shape index (κ3) is 4.44. The Morgan fingerprint density at radius 1 is 1.16 bits per heavy atom. The number of benzene rings is 1. The highest BCUT2D eigenvalue weighted by Gasteiger charge is 2.18. The summed E-state index contributed by atoms with van der Waals surface area (Å²) >= 11 is 1.42. The van der Waals surface area contributed by atoms with E-state index in [0.29, 0.717) is 6.54 Å². The molecule has 3 aromatic heterocycles. The molecular weight excluding hydrogens is 410 g/mol. The summed E-state index contributed by atoms with van der Waals surface area (Å²) in [4.78, 5) is 23.5. The Balaban J connectivity index is 1.50. The van der Waals surface area contributed by atoms with E-state index in [9.17, 15) is 4.79 Å². The van der Waals surface area contributed by atoms with Crippen molar-refractivity contribution >= 4 is 40.1 Å². The van der Waals surface area contributed by atoms with Crippen molar-refractivity contribution in [1.29, 1.82) is 0 Å². The minimum atomic E-state index is -0.0706. The summed E-state index contributed by atoms with van der Waals surface area (Å²) in [7, 11) is 3.97. The second-order valence-corrected chi connectivity index (χ2v) is 8.50. The van der Waals surface area contributed by atoms with Gasteiger partial charge < -0.3 is 19.2 Å². The van der Waals surface area contributed by atoms with Crippen LogP contribution >= 0.6 is 11.8 Å². The topological polar surface area (TPSA) is 76.2 Å². The lowest BCUT2D eigenvalue weighted by molar-refractivity contribution is -0.113.